The maximum Gasteiger partial charge on any atom is 0.136 e. The molecule has 0 radical (unpaired) electrons. The molecule has 2 rings (SSSR count). The Kier molecular flexibility index (Phi) is 4.56. The molecule has 0 aliphatic rings. The van der Waals surface area contributed by atoms with E-state index in [1.54, 1.807) is 0 Å². The van der Waals surface area contributed by atoms with Crippen molar-refractivity contribution in [3.05, 3.63) is 65.2 Å². The van der Waals surface area contributed by atoms with Gasteiger partial charge in [0.05, 0.1) is 0 Å². The Morgan fingerprint density at radius 2 is 1.79 bits per heavy atom. The van der Waals surface area contributed by atoms with E-state index in [9.17, 15) is 8.78 Å². The Bertz CT molecular complexity index is 555. The molecule has 19 heavy (non-hydrogen) atoms. The first kappa shape index (κ1) is 14.0. The molecule has 2 aromatic rings. The van der Waals surface area contributed by atoms with Crippen molar-refractivity contribution in [2.24, 2.45) is 5.73 Å². The molecule has 0 amide bonds. The summed E-state index contributed by atoms with van der Waals surface area (Å²) < 4.78 is 26.8. The van der Waals surface area contributed by atoms with E-state index < -0.39 is 11.6 Å². The van der Waals surface area contributed by atoms with Gasteiger partial charge in [-0.1, -0.05) is 29.8 Å². The second kappa shape index (κ2) is 6.17. The Morgan fingerprint density at radius 3 is 2.42 bits per heavy atom. The molecule has 100 valence electrons. The molecule has 0 bridgehead atoms. The third-order valence-electron chi connectivity index (χ3n) is 2.83. The molecule has 2 N–H and O–H groups in total. The Hall–Kier alpha value is -1.39. The van der Waals surface area contributed by atoms with Gasteiger partial charge in [-0.3, -0.25) is 0 Å². The van der Waals surface area contributed by atoms with Crippen molar-refractivity contribution in [1.82, 2.24) is 0 Å². The monoisotopic (exact) mass is 279 g/mol. The van der Waals surface area contributed by atoms with Gasteiger partial charge in [-0.25, -0.2) is 8.78 Å². The van der Waals surface area contributed by atoms with E-state index in [1.165, 1.54) is 17.8 Å². The Morgan fingerprint density at radius 1 is 1.11 bits per heavy atom. The maximum absolute atomic E-state index is 13.6. The zero-order valence-electron chi connectivity index (χ0n) is 10.6. The molecule has 4 heteroatoms. The number of aryl methyl sites for hydroxylation is 1. The fourth-order valence-electron chi connectivity index (χ4n) is 1.75. The van der Waals surface area contributed by atoms with Crippen LogP contribution >= 0.6 is 11.8 Å². The van der Waals surface area contributed by atoms with Crippen LogP contribution in [0.3, 0.4) is 0 Å². The van der Waals surface area contributed by atoms with Gasteiger partial charge < -0.3 is 5.73 Å². The summed E-state index contributed by atoms with van der Waals surface area (Å²) in [7, 11) is 0. The quantitative estimate of drug-likeness (QED) is 0.854. The van der Waals surface area contributed by atoms with Gasteiger partial charge in [0, 0.05) is 16.7 Å². The first-order chi connectivity index (χ1) is 9.10. The standard InChI is InChI=1S/C15H15F2NS/c1-10-2-4-11(5-3-10)15(9-18)19-14-8-12(16)6-7-13(14)17/h2-8,15H,9,18H2,1H3. The van der Waals surface area contributed by atoms with Crippen molar-refractivity contribution < 1.29 is 8.78 Å². The van der Waals surface area contributed by atoms with Crippen molar-refractivity contribution >= 4 is 11.8 Å². The van der Waals surface area contributed by atoms with Crippen molar-refractivity contribution in [3.8, 4) is 0 Å². The minimum atomic E-state index is -0.441. The number of benzene rings is 2. The molecule has 0 fully saturated rings. The number of thioether (sulfide) groups is 1. The van der Waals surface area contributed by atoms with Crippen LogP contribution in [-0.4, -0.2) is 6.54 Å². The normalized spacial score (nSPS) is 12.4. The first-order valence-electron chi connectivity index (χ1n) is 5.98. The van der Waals surface area contributed by atoms with Crippen molar-refractivity contribution in [3.63, 3.8) is 0 Å². The van der Waals surface area contributed by atoms with Crippen molar-refractivity contribution in [2.45, 2.75) is 17.1 Å². The SMILES string of the molecule is Cc1ccc(C(CN)Sc2cc(F)ccc2F)cc1. The molecule has 0 saturated carbocycles. The summed E-state index contributed by atoms with van der Waals surface area (Å²) in [5.41, 5.74) is 7.91. The minimum absolute atomic E-state index is 0.0862. The molecule has 0 aliphatic heterocycles. The summed E-state index contributed by atoms with van der Waals surface area (Å²) in [6, 6.07) is 11.4. The van der Waals surface area contributed by atoms with Gasteiger partial charge in [-0.15, -0.1) is 11.8 Å². The maximum atomic E-state index is 13.6. The predicted octanol–water partition coefficient (Wildman–Crippen LogP) is 4.07. The second-order valence-electron chi connectivity index (χ2n) is 4.33. The van der Waals surface area contributed by atoms with Crippen LogP contribution in [0.15, 0.2) is 47.4 Å². The number of rotatable bonds is 4. The highest BCUT2D eigenvalue weighted by atomic mass is 32.2. The van der Waals surface area contributed by atoms with Crippen LogP contribution in [0.25, 0.3) is 0 Å². The fourth-order valence-corrected chi connectivity index (χ4v) is 2.81. The zero-order valence-corrected chi connectivity index (χ0v) is 11.4. The molecule has 0 aliphatic carbocycles. The van der Waals surface area contributed by atoms with Crippen molar-refractivity contribution in [2.75, 3.05) is 6.54 Å². The van der Waals surface area contributed by atoms with E-state index in [1.807, 2.05) is 31.2 Å². The summed E-state index contributed by atoms with van der Waals surface area (Å²) in [5.74, 6) is -0.861. The highest BCUT2D eigenvalue weighted by Crippen LogP contribution is 2.36. The lowest BCUT2D eigenvalue weighted by Gasteiger charge is -2.15. The van der Waals surface area contributed by atoms with E-state index in [-0.39, 0.29) is 10.1 Å². The average molecular weight is 279 g/mol. The molecule has 0 saturated heterocycles. The molecular weight excluding hydrogens is 264 g/mol. The van der Waals surface area contributed by atoms with E-state index in [4.69, 9.17) is 5.73 Å². The first-order valence-corrected chi connectivity index (χ1v) is 6.86. The summed E-state index contributed by atoms with van der Waals surface area (Å²) in [6.45, 7) is 2.37. The van der Waals surface area contributed by atoms with Crippen molar-refractivity contribution in [1.29, 1.82) is 0 Å². The van der Waals surface area contributed by atoms with E-state index in [0.717, 1.165) is 23.3 Å². The molecule has 1 unspecified atom stereocenters. The van der Waals surface area contributed by atoms with Gasteiger partial charge in [0.15, 0.2) is 0 Å². The van der Waals surface area contributed by atoms with Gasteiger partial charge in [0.1, 0.15) is 11.6 Å². The summed E-state index contributed by atoms with van der Waals surface area (Å²) in [5, 5.41) is -0.0862. The van der Waals surface area contributed by atoms with Crippen LogP contribution in [0.5, 0.6) is 0 Å². The predicted molar refractivity (Wildman–Crippen MR) is 75.2 cm³/mol. The van der Waals surface area contributed by atoms with Crippen LogP contribution in [0, 0.1) is 18.6 Å². The lowest BCUT2D eigenvalue weighted by molar-refractivity contribution is 0.576. The average Bonchev–Trinajstić information content (AvgIpc) is 2.41. The highest BCUT2D eigenvalue weighted by molar-refractivity contribution is 7.99. The highest BCUT2D eigenvalue weighted by Gasteiger charge is 2.14. The summed E-state index contributed by atoms with van der Waals surface area (Å²) in [6.07, 6.45) is 0. The fraction of sp³-hybridized carbons (Fsp3) is 0.200. The Balaban J connectivity index is 2.23. The van der Waals surface area contributed by atoms with E-state index in [2.05, 4.69) is 0 Å². The second-order valence-corrected chi connectivity index (χ2v) is 5.57. The van der Waals surface area contributed by atoms with Crippen LogP contribution in [0.2, 0.25) is 0 Å². The van der Waals surface area contributed by atoms with Gasteiger partial charge >= 0.3 is 0 Å². The van der Waals surface area contributed by atoms with E-state index in [0.29, 0.717) is 6.54 Å². The van der Waals surface area contributed by atoms with Gasteiger partial charge in [-0.05, 0) is 30.7 Å². The summed E-state index contributed by atoms with van der Waals surface area (Å²) >= 11 is 1.25. The number of nitrogens with two attached hydrogens (primary N) is 1. The zero-order chi connectivity index (χ0) is 13.8. The minimum Gasteiger partial charge on any atom is -0.329 e. The van der Waals surface area contributed by atoms with Gasteiger partial charge in [-0.2, -0.15) is 0 Å². The smallest absolute Gasteiger partial charge is 0.136 e. The molecule has 0 aromatic heterocycles. The molecule has 0 spiro atoms. The van der Waals surface area contributed by atoms with Crippen LogP contribution in [-0.2, 0) is 0 Å². The van der Waals surface area contributed by atoms with Gasteiger partial charge in [0.25, 0.3) is 0 Å². The largest absolute Gasteiger partial charge is 0.329 e. The van der Waals surface area contributed by atoms with E-state index >= 15 is 0 Å². The molecule has 1 atom stereocenters. The molecule has 2 aromatic carbocycles. The molecule has 1 nitrogen and oxygen atoms in total. The number of hydrogen-bond donors (Lipinski definition) is 1. The Labute approximate surface area is 115 Å². The number of hydrogen-bond acceptors (Lipinski definition) is 2. The lowest BCUT2D eigenvalue weighted by atomic mass is 10.1. The topological polar surface area (TPSA) is 26.0 Å². The summed E-state index contributed by atoms with van der Waals surface area (Å²) in [4.78, 5) is 0.288. The third-order valence-corrected chi connectivity index (χ3v) is 4.14. The van der Waals surface area contributed by atoms with Crippen LogP contribution in [0.1, 0.15) is 16.4 Å². The lowest BCUT2D eigenvalue weighted by Crippen LogP contribution is -2.09. The molecule has 0 heterocycles. The van der Waals surface area contributed by atoms with Crippen LogP contribution < -0.4 is 5.73 Å². The van der Waals surface area contributed by atoms with Gasteiger partial charge in [0.2, 0.25) is 0 Å². The number of halogens is 2. The third kappa shape index (κ3) is 3.55. The van der Waals surface area contributed by atoms with Crippen LogP contribution in [0.4, 0.5) is 8.78 Å². The molecular formula is C15H15F2NS.